The zero-order valence-corrected chi connectivity index (χ0v) is 18.8. The normalized spacial score (nSPS) is 16.1. The topological polar surface area (TPSA) is 67.3 Å². The van der Waals surface area contributed by atoms with Gasteiger partial charge in [-0.2, -0.15) is 13.2 Å². The molecule has 0 saturated carbocycles. The number of hydrogen-bond acceptors (Lipinski definition) is 5. The van der Waals surface area contributed by atoms with Crippen LogP contribution in [0.5, 0.6) is 5.75 Å². The van der Waals surface area contributed by atoms with E-state index >= 15 is 0 Å². The second-order valence-corrected chi connectivity index (χ2v) is 8.23. The van der Waals surface area contributed by atoms with Gasteiger partial charge in [-0.15, -0.1) is 10.2 Å². The number of nitrogens with one attached hydrogen (secondary N) is 1. The number of anilines is 1. The van der Waals surface area contributed by atoms with E-state index < -0.39 is 11.7 Å². The number of carbonyl (C=O) groups excluding carboxylic acids is 1. The van der Waals surface area contributed by atoms with E-state index in [1.165, 1.54) is 24.3 Å². The molecule has 184 valence electrons. The third kappa shape index (κ3) is 6.46. The van der Waals surface area contributed by atoms with Crippen molar-refractivity contribution in [2.24, 2.45) is 5.92 Å². The third-order valence-electron chi connectivity index (χ3n) is 5.74. The number of nitrogens with zero attached hydrogens (tertiary/aromatic N) is 3. The molecule has 0 aliphatic carbocycles. The van der Waals surface area contributed by atoms with E-state index in [-0.39, 0.29) is 36.5 Å². The monoisotopic (exact) mass is 488 g/mol. The minimum Gasteiger partial charge on any atom is -0.492 e. The van der Waals surface area contributed by atoms with Crippen molar-refractivity contribution in [2.45, 2.75) is 19.0 Å². The summed E-state index contributed by atoms with van der Waals surface area (Å²) in [7, 11) is 0. The summed E-state index contributed by atoms with van der Waals surface area (Å²) in [5.74, 6) is 0.0362. The number of piperidine rings is 1. The van der Waals surface area contributed by atoms with Gasteiger partial charge in [0.05, 0.1) is 23.7 Å². The Balaban J connectivity index is 1.26. The number of halogens is 4. The first-order valence-electron chi connectivity index (χ1n) is 11.2. The summed E-state index contributed by atoms with van der Waals surface area (Å²) >= 11 is 0. The Morgan fingerprint density at radius 3 is 2.60 bits per heavy atom. The van der Waals surface area contributed by atoms with Crippen LogP contribution in [0.25, 0.3) is 11.3 Å². The first kappa shape index (κ1) is 24.4. The molecule has 6 nitrogen and oxygen atoms in total. The molecule has 4 rings (SSSR count). The lowest BCUT2D eigenvalue weighted by atomic mass is 9.97. The molecule has 1 fully saturated rings. The lowest BCUT2D eigenvalue weighted by Gasteiger charge is -2.32. The number of rotatable bonds is 7. The second-order valence-electron chi connectivity index (χ2n) is 8.23. The van der Waals surface area contributed by atoms with Crippen molar-refractivity contribution in [1.82, 2.24) is 15.5 Å². The molecule has 1 saturated heterocycles. The minimum atomic E-state index is -4.44. The first-order chi connectivity index (χ1) is 16.8. The Kier molecular flexibility index (Phi) is 7.48. The van der Waals surface area contributed by atoms with E-state index in [2.05, 4.69) is 15.5 Å². The highest BCUT2D eigenvalue weighted by Crippen LogP contribution is 2.31. The Morgan fingerprint density at radius 2 is 1.89 bits per heavy atom. The van der Waals surface area contributed by atoms with E-state index in [0.29, 0.717) is 18.1 Å². The quantitative estimate of drug-likeness (QED) is 0.385. The zero-order valence-electron chi connectivity index (χ0n) is 18.8. The van der Waals surface area contributed by atoms with E-state index in [0.717, 1.165) is 37.1 Å². The minimum absolute atomic E-state index is 0.0554. The largest absolute Gasteiger partial charge is 0.492 e. The number of aromatic nitrogens is 2. The molecule has 1 atom stereocenters. The highest BCUT2D eigenvalue weighted by Gasteiger charge is 2.30. The maximum atomic E-state index is 13.1. The molecule has 0 bridgehead atoms. The van der Waals surface area contributed by atoms with Crippen molar-refractivity contribution >= 4 is 11.7 Å². The average Bonchev–Trinajstić information content (AvgIpc) is 2.87. The Morgan fingerprint density at radius 1 is 1.09 bits per heavy atom. The average molecular weight is 488 g/mol. The number of carbonyl (C=O) groups is 1. The van der Waals surface area contributed by atoms with E-state index in [1.807, 2.05) is 17.0 Å². The molecule has 0 radical (unpaired) electrons. The van der Waals surface area contributed by atoms with Crippen LogP contribution in [0.4, 0.5) is 23.4 Å². The van der Waals surface area contributed by atoms with Gasteiger partial charge in [-0.1, -0.05) is 6.07 Å². The molecule has 1 aromatic heterocycles. The van der Waals surface area contributed by atoms with Crippen molar-refractivity contribution in [3.8, 4) is 17.0 Å². The highest BCUT2D eigenvalue weighted by molar-refractivity contribution is 5.79. The van der Waals surface area contributed by atoms with Crippen LogP contribution in [-0.2, 0) is 11.0 Å². The van der Waals surface area contributed by atoms with E-state index in [9.17, 15) is 22.4 Å². The van der Waals surface area contributed by atoms with Gasteiger partial charge in [0, 0.05) is 18.7 Å². The third-order valence-corrected chi connectivity index (χ3v) is 5.74. The summed E-state index contributed by atoms with van der Waals surface area (Å²) in [6.45, 7) is 1.45. The van der Waals surface area contributed by atoms with Crippen LogP contribution >= 0.6 is 0 Å². The van der Waals surface area contributed by atoms with Gasteiger partial charge >= 0.3 is 6.18 Å². The lowest BCUT2D eigenvalue weighted by molar-refractivity contribution is -0.137. The van der Waals surface area contributed by atoms with Crippen molar-refractivity contribution < 1.29 is 27.1 Å². The molecule has 1 aliphatic heterocycles. The fraction of sp³-hybridized carbons (Fsp3) is 0.320. The van der Waals surface area contributed by atoms with Crippen LogP contribution in [0, 0.1) is 11.7 Å². The SMILES string of the molecule is O=C(NCCOc1cccc(C(F)(F)F)c1)C1CCCN(c2ccc(-c3ccc(F)cc3)nn2)C1. The summed E-state index contributed by atoms with van der Waals surface area (Å²) < 4.78 is 56.9. The molecule has 10 heteroatoms. The van der Waals surface area contributed by atoms with Crippen LogP contribution in [0.15, 0.2) is 60.7 Å². The fourth-order valence-electron chi connectivity index (χ4n) is 3.92. The molecule has 3 aromatic rings. The Hall–Kier alpha value is -3.69. The predicted molar refractivity (Wildman–Crippen MR) is 122 cm³/mol. The number of hydrogen-bond donors (Lipinski definition) is 1. The van der Waals surface area contributed by atoms with Gasteiger partial charge in [0.15, 0.2) is 5.82 Å². The number of alkyl halides is 3. The maximum Gasteiger partial charge on any atom is 0.416 e. The molecule has 0 spiro atoms. The van der Waals surface area contributed by atoms with Crippen molar-refractivity contribution in [1.29, 1.82) is 0 Å². The number of amides is 1. The highest BCUT2D eigenvalue weighted by atomic mass is 19.4. The van der Waals surface area contributed by atoms with Gasteiger partial charge in [0.1, 0.15) is 18.2 Å². The second kappa shape index (κ2) is 10.7. The van der Waals surface area contributed by atoms with E-state index in [4.69, 9.17) is 4.74 Å². The molecular weight excluding hydrogens is 464 g/mol. The van der Waals surface area contributed by atoms with Crippen molar-refractivity contribution in [2.75, 3.05) is 31.1 Å². The fourth-order valence-corrected chi connectivity index (χ4v) is 3.92. The molecule has 2 aromatic carbocycles. The van der Waals surface area contributed by atoms with Crippen LogP contribution < -0.4 is 15.0 Å². The summed E-state index contributed by atoms with van der Waals surface area (Å²) in [6, 6.07) is 14.3. The molecule has 1 amide bonds. The number of benzene rings is 2. The molecule has 1 aliphatic rings. The zero-order chi connectivity index (χ0) is 24.8. The summed E-state index contributed by atoms with van der Waals surface area (Å²) in [5, 5.41) is 11.3. The van der Waals surface area contributed by atoms with Crippen LogP contribution in [0.3, 0.4) is 0 Å². The molecule has 1 N–H and O–H groups in total. The molecular formula is C25H24F4N4O2. The van der Waals surface area contributed by atoms with Crippen molar-refractivity contribution in [3.63, 3.8) is 0 Å². The van der Waals surface area contributed by atoms with Crippen LogP contribution in [-0.4, -0.2) is 42.3 Å². The Labute approximate surface area is 199 Å². The summed E-state index contributed by atoms with van der Waals surface area (Å²) in [4.78, 5) is 14.6. The molecule has 2 heterocycles. The smallest absolute Gasteiger partial charge is 0.416 e. The van der Waals surface area contributed by atoms with Gasteiger partial charge in [0.2, 0.25) is 5.91 Å². The standard InChI is InChI=1S/C25H24F4N4O2/c26-20-8-6-17(7-9-20)22-10-11-23(32-31-22)33-13-2-3-18(16-33)24(34)30-12-14-35-21-5-1-4-19(15-21)25(27,28)29/h1,4-11,15,18H,2-3,12-14,16H2,(H,30,34). The maximum absolute atomic E-state index is 13.1. The van der Waals surface area contributed by atoms with Gasteiger partial charge in [0.25, 0.3) is 0 Å². The van der Waals surface area contributed by atoms with E-state index in [1.54, 1.807) is 12.1 Å². The molecule has 1 unspecified atom stereocenters. The van der Waals surface area contributed by atoms with Crippen molar-refractivity contribution in [3.05, 3.63) is 72.0 Å². The Bertz CT molecular complexity index is 1140. The van der Waals surface area contributed by atoms with Crippen LogP contribution in [0.1, 0.15) is 18.4 Å². The number of ether oxygens (including phenoxy) is 1. The van der Waals surface area contributed by atoms with Gasteiger partial charge in [-0.05, 0) is 67.4 Å². The molecule has 35 heavy (non-hydrogen) atoms. The lowest BCUT2D eigenvalue weighted by Crippen LogP contribution is -2.44. The van der Waals surface area contributed by atoms with Gasteiger partial charge < -0.3 is 15.0 Å². The summed E-state index contributed by atoms with van der Waals surface area (Å²) in [5.41, 5.74) is 0.602. The summed E-state index contributed by atoms with van der Waals surface area (Å²) in [6.07, 6.45) is -2.91. The predicted octanol–water partition coefficient (Wildman–Crippen LogP) is 4.71. The van der Waals surface area contributed by atoms with Crippen LogP contribution in [0.2, 0.25) is 0 Å². The van der Waals surface area contributed by atoms with Gasteiger partial charge in [-0.3, -0.25) is 4.79 Å². The first-order valence-corrected chi connectivity index (χ1v) is 11.2. The van der Waals surface area contributed by atoms with Gasteiger partial charge in [-0.25, -0.2) is 4.39 Å².